The van der Waals surface area contributed by atoms with E-state index in [1.54, 1.807) is 7.11 Å². The van der Waals surface area contributed by atoms with Crippen molar-refractivity contribution in [1.82, 2.24) is 0 Å². The molecule has 2 aromatic rings. The van der Waals surface area contributed by atoms with E-state index in [1.165, 1.54) is 5.56 Å². The van der Waals surface area contributed by atoms with Gasteiger partial charge in [-0.25, -0.2) is 0 Å². The van der Waals surface area contributed by atoms with Gasteiger partial charge >= 0.3 is 0 Å². The van der Waals surface area contributed by atoms with Gasteiger partial charge in [0.2, 0.25) is 0 Å². The van der Waals surface area contributed by atoms with Gasteiger partial charge in [0.1, 0.15) is 5.75 Å². The lowest BCUT2D eigenvalue weighted by molar-refractivity contribution is 0.415. The molecule has 0 atom stereocenters. The quantitative estimate of drug-likeness (QED) is 0.763. The maximum Gasteiger partial charge on any atom is 0.118 e. The number of hydrogen-bond acceptors (Lipinski definition) is 1. The first-order chi connectivity index (χ1) is 8.20. The topological polar surface area (TPSA) is 9.23 Å². The smallest absolute Gasteiger partial charge is 0.118 e. The normalized spacial score (nSPS) is 10.0. The van der Waals surface area contributed by atoms with E-state index in [0.29, 0.717) is 0 Å². The third-order valence-corrected chi connectivity index (χ3v) is 2.84. The van der Waals surface area contributed by atoms with Gasteiger partial charge in [0.15, 0.2) is 0 Å². The van der Waals surface area contributed by atoms with Crippen LogP contribution >= 0.6 is 0 Å². The second-order valence-corrected chi connectivity index (χ2v) is 4.07. The molecule has 0 aromatic heterocycles. The number of methoxy groups -OCH3 is 1. The zero-order valence-electron chi connectivity index (χ0n) is 10.2. The summed E-state index contributed by atoms with van der Waals surface area (Å²) >= 11 is 0. The highest BCUT2D eigenvalue weighted by molar-refractivity contribution is 5.78. The number of aryl methyl sites for hydroxylation is 1. The Hall–Kier alpha value is -2.02. The predicted octanol–water partition coefficient (Wildman–Crippen LogP) is 4.07. The molecule has 2 rings (SSSR count). The Labute approximate surface area is 102 Å². The molecule has 0 bridgehead atoms. The Balaban J connectivity index is 2.27. The summed E-state index contributed by atoms with van der Waals surface area (Å²) in [5.74, 6) is 0.866. The number of benzene rings is 2. The molecular formula is C16H16O. The van der Waals surface area contributed by atoms with Crippen LogP contribution in [0.4, 0.5) is 0 Å². The van der Waals surface area contributed by atoms with Crippen molar-refractivity contribution in [2.45, 2.75) is 6.92 Å². The molecule has 2 aromatic carbocycles. The number of rotatable bonds is 3. The molecule has 1 nitrogen and oxygen atoms in total. The molecule has 0 aliphatic carbocycles. The van der Waals surface area contributed by atoms with Crippen LogP contribution in [0.1, 0.15) is 16.7 Å². The fraction of sp³-hybridized carbons (Fsp3) is 0.125. The van der Waals surface area contributed by atoms with Gasteiger partial charge in [-0.15, -0.1) is 0 Å². The summed E-state index contributed by atoms with van der Waals surface area (Å²) in [5, 5.41) is 0. The van der Waals surface area contributed by atoms with Gasteiger partial charge in [-0.1, -0.05) is 48.5 Å². The Morgan fingerprint density at radius 1 is 0.882 bits per heavy atom. The van der Waals surface area contributed by atoms with Crippen molar-refractivity contribution in [2.75, 3.05) is 7.11 Å². The predicted molar refractivity (Wildman–Crippen MR) is 72.3 cm³/mol. The van der Waals surface area contributed by atoms with Crippen LogP contribution in [-0.2, 0) is 0 Å². The number of ether oxygens (including phenoxy) is 1. The van der Waals surface area contributed by atoms with Crippen molar-refractivity contribution in [3.05, 3.63) is 71.8 Å². The van der Waals surface area contributed by atoms with Gasteiger partial charge in [-0.3, -0.25) is 0 Å². The molecule has 1 heteroatoms. The van der Waals surface area contributed by atoms with Gasteiger partial charge < -0.3 is 4.74 Å². The molecular weight excluding hydrogens is 208 g/mol. The zero-order chi connectivity index (χ0) is 12.3. The third-order valence-electron chi connectivity index (χ3n) is 2.84. The highest BCUT2D eigenvalue weighted by Crippen LogP contribution is 2.23. The van der Waals surface area contributed by atoms with Crippen LogP contribution in [0.2, 0.25) is 0 Å². The molecule has 17 heavy (non-hydrogen) atoms. The van der Waals surface area contributed by atoms with Crippen LogP contribution in [0.25, 0.3) is 5.57 Å². The van der Waals surface area contributed by atoms with Crippen molar-refractivity contribution >= 4 is 5.57 Å². The average molecular weight is 224 g/mol. The van der Waals surface area contributed by atoms with Gasteiger partial charge in [-0.2, -0.15) is 0 Å². The standard InChI is InChI=1S/C16H16O/c1-12-4-6-14(7-5-12)13(2)15-8-10-16(17-3)11-9-15/h4-11H,2H2,1,3H3. The van der Waals surface area contributed by atoms with E-state index in [1.807, 2.05) is 24.3 Å². The van der Waals surface area contributed by atoms with E-state index in [-0.39, 0.29) is 0 Å². The molecule has 0 heterocycles. The molecule has 0 spiro atoms. The Bertz CT molecular complexity index is 506. The van der Waals surface area contributed by atoms with Crippen LogP contribution in [0.3, 0.4) is 0 Å². The SMILES string of the molecule is C=C(c1ccc(C)cc1)c1ccc(OC)cc1. The first-order valence-electron chi connectivity index (χ1n) is 5.61. The van der Waals surface area contributed by atoms with E-state index in [4.69, 9.17) is 4.74 Å². The van der Waals surface area contributed by atoms with Crippen molar-refractivity contribution in [3.63, 3.8) is 0 Å². The van der Waals surface area contributed by atoms with Crippen LogP contribution in [-0.4, -0.2) is 7.11 Å². The van der Waals surface area contributed by atoms with Crippen LogP contribution < -0.4 is 4.74 Å². The van der Waals surface area contributed by atoms with Crippen LogP contribution in [0.5, 0.6) is 5.75 Å². The van der Waals surface area contributed by atoms with E-state index >= 15 is 0 Å². The lowest BCUT2D eigenvalue weighted by Crippen LogP contribution is -1.87. The molecule has 0 saturated heterocycles. The minimum absolute atomic E-state index is 0.866. The largest absolute Gasteiger partial charge is 0.497 e. The molecule has 0 saturated carbocycles. The second-order valence-electron chi connectivity index (χ2n) is 4.07. The molecule has 0 fully saturated rings. The molecule has 0 aliphatic heterocycles. The van der Waals surface area contributed by atoms with Crippen LogP contribution in [0, 0.1) is 6.92 Å². The second kappa shape index (κ2) is 4.88. The third kappa shape index (κ3) is 2.56. The summed E-state index contributed by atoms with van der Waals surface area (Å²) in [6.07, 6.45) is 0. The maximum atomic E-state index is 5.14. The Kier molecular flexibility index (Phi) is 3.29. The first kappa shape index (κ1) is 11.5. The van der Waals surface area contributed by atoms with E-state index < -0.39 is 0 Å². The van der Waals surface area contributed by atoms with Gasteiger partial charge in [0.05, 0.1) is 7.11 Å². The summed E-state index contributed by atoms with van der Waals surface area (Å²) in [6, 6.07) is 16.4. The fourth-order valence-corrected chi connectivity index (χ4v) is 1.71. The first-order valence-corrected chi connectivity index (χ1v) is 5.61. The molecule has 0 aliphatic rings. The molecule has 0 N–H and O–H groups in total. The average Bonchev–Trinajstić information content (AvgIpc) is 2.39. The molecule has 0 amide bonds. The summed E-state index contributed by atoms with van der Waals surface area (Å²) < 4.78 is 5.14. The van der Waals surface area contributed by atoms with Gasteiger partial charge in [-0.05, 0) is 35.8 Å². The van der Waals surface area contributed by atoms with Crippen molar-refractivity contribution in [1.29, 1.82) is 0 Å². The highest BCUT2D eigenvalue weighted by Gasteiger charge is 2.02. The highest BCUT2D eigenvalue weighted by atomic mass is 16.5. The summed E-state index contributed by atoms with van der Waals surface area (Å²) in [6.45, 7) is 6.22. The Morgan fingerprint density at radius 3 is 1.82 bits per heavy atom. The van der Waals surface area contributed by atoms with Crippen molar-refractivity contribution in [2.24, 2.45) is 0 Å². The summed E-state index contributed by atoms with van der Waals surface area (Å²) in [5.41, 5.74) is 4.57. The van der Waals surface area contributed by atoms with E-state index in [9.17, 15) is 0 Å². The van der Waals surface area contributed by atoms with Gasteiger partial charge in [0.25, 0.3) is 0 Å². The Morgan fingerprint density at radius 2 is 1.35 bits per heavy atom. The lowest BCUT2D eigenvalue weighted by Gasteiger charge is -2.07. The molecule has 86 valence electrons. The summed E-state index contributed by atoms with van der Waals surface area (Å²) in [4.78, 5) is 0. The molecule has 0 unspecified atom stereocenters. The summed E-state index contributed by atoms with van der Waals surface area (Å²) in [7, 11) is 1.67. The minimum Gasteiger partial charge on any atom is -0.497 e. The zero-order valence-corrected chi connectivity index (χ0v) is 10.2. The van der Waals surface area contributed by atoms with Crippen molar-refractivity contribution in [3.8, 4) is 5.75 Å². The van der Waals surface area contributed by atoms with Crippen molar-refractivity contribution < 1.29 is 4.74 Å². The maximum absolute atomic E-state index is 5.14. The molecule has 0 radical (unpaired) electrons. The monoisotopic (exact) mass is 224 g/mol. The number of hydrogen-bond donors (Lipinski definition) is 0. The fourth-order valence-electron chi connectivity index (χ4n) is 1.71. The van der Waals surface area contributed by atoms with E-state index in [0.717, 1.165) is 22.4 Å². The lowest BCUT2D eigenvalue weighted by atomic mass is 9.99. The van der Waals surface area contributed by atoms with E-state index in [2.05, 4.69) is 37.8 Å². The van der Waals surface area contributed by atoms with Crippen LogP contribution in [0.15, 0.2) is 55.1 Å². The minimum atomic E-state index is 0.866. The van der Waals surface area contributed by atoms with Gasteiger partial charge in [0, 0.05) is 0 Å².